The number of aliphatic hydroxyl groups is 1. The molecule has 1 aromatic rings. The number of carbonyl (C=O) groups is 1. The van der Waals surface area contributed by atoms with Crippen LogP contribution in [0, 0.1) is 5.92 Å². The van der Waals surface area contributed by atoms with Crippen molar-refractivity contribution in [2.45, 2.75) is 6.42 Å². The number of anilines is 2. The zero-order valence-electron chi connectivity index (χ0n) is 8.86. The van der Waals surface area contributed by atoms with Gasteiger partial charge in [0.15, 0.2) is 5.15 Å². The van der Waals surface area contributed by atoms with E-state index in [1.807, 2.05) is 0 Å². The number of nitrogens with zero attached hydrogens (tertiary/aromatic N) is 2. The van der Waals surface area contributed by atoms with Crippen LogP contribution in [0.4, 0.5) is 11.4 Å². The first kappa shape index (κ1) is 12.4. The summed E-state index contributed by atoms with van der Waals surface area (Å²) < 4.78 is 0. The average molecular weight is 276 g/mol. The van der Waals surface area contributed by atoms with Crippen LogP contribution in [0.1, 0.15) is 6.42 Å². The number of pyridine rings is 1. The van der Waals surface area contributed by atoms with Gasteiger partial charge < -0.3 is 15.7 Å². The molecule has 1 saturated heterocycles. The molecule has 0 aliphatic carbocycles. The molecule has 5 nitrogen and oxygen atoms in total. The van der Waals surface area contributed by atoms with Crippen LogP contribution in [0.15, 0.2) is 6.07 Å². The van der Waals surface area contributed by atoms with Crippen molar-refractivity contribution in [1.29, 1.82) is 0 Å². The van der Waals surface area contributed by atoms with Crippen molar-refractivity contribution in [2.24, 2.45) is 5.92 Å². The Balaban J connectivity index is 2.38. The Morgan fingerprint density at radius 1 is 1.59 bits per heavy atom. The van der Waals surface area contributed by atoms with Gasteiger partial charge in [0.05, 0.1) is 5.69 Å². The van der Waals surface area contributed by atoms with E-state index in [1.54, 1.807) is 0 Å². The second-order valence-electron chi connectivity index (χ2n) is 3.93. The number of hydrogen-bond donors (Lipinski definition) is 2. The summed E-state index contributed by atoms with van der Waals surface area (Å²) in [7, 11) is 0. The van der Waals surface area contributed by atoms with Gasteiger partial charge in [-0.1, -0.05) is 23.2 Å². The third-order valence-corrected chi connectivity index (χ3v) is 3.14. The van der Waals surface area contributed by atoms with Crippen molar-refractivity contribution in [1.82, 2.24) is 4.98 Å². The standard InChI is InChI=1S/C10H11Cl2N3O2/c11-7-2-6(13)9(10(12)14-7)15-3-5(4-16)1-8(15)17/h2,5,16H,1,3-4H2,(H2,13,14). The molecule has 92 valence electrons. The van der Waals surface area contributed by atoms with Gasteiger partial charge in [-0.25, -0.2) is 4.98 Å². The van der Waals surface area contributed by atoms with Crippen molar-refractivity contribution < 1.29 is 9.90 Å². The van der Waals surface area contributed by atoms with Gasteiger partial charge in [0, 0.05) is 31.6 Å². The fourth-order valence-corrected chi connectivity index (χ4v) is 2.43. The van der Waals surface area contributed by atoms with Gasteiger partial charge in [-0.2, -0.15) is 0 Å². The maximum Gasteiger partial charge on any atom is 0.227 e. The highest BCUT2D eigenvalue weighted by Gasteiger charge is 2.32. The first-order chi connectivity index (χ1) is 8.02. The molecule has 2 heterocycles. The molecule has 1 amide bonds. The molecule has 0 spiro atoms. The number of rotatable bonds is 2. The maximum atomic E-state index is 11.8. The molecular weight excluding hydrogens is 265 g/mol. The first-order valence-corrected chi connectivity index (χ1v) is 5.81. The van der Waals surface area contributed by atoms with E-state index in [9.17, 15) is 4.79 Å². The largest absolute Gasteiger partial charge is 0.397 e. The molecule has 1 aliphatic rings. The number of amides is 1. The molecule has 2 rings (SSSR count). The van der Waals surface area contributed by atoms with Crippen LogP contribution in [0.2, 0.25) is 10.3 Å². The van der Waals surface area contributed by atoms with Crippen LogP contribution in [-0.4, -0.2) is 29.1 Å². The van der Waals surface area contributed by atoms with E-state index in [2.05, 4.69) is 4.98 Å². The smallest absolute Gasteiger partial charge is 0.227 e. The lowest BCUT2D eigenvalue weighted by Crippen LogP contribution is -2.26. The van der Waals surface area contributed by atoms with Gasteiger partial charge >= 0.3 is 0 Å². The summed E-state index contributed by atoms with van der Waals surface area (Å²) in [5, 5.41) is 9.33. The number of nitrogen functional groups attached to an aromatic ring is 1. The number of hydrogen-bond acceptors (Lipinski definition) is 4. The van der Waals surface area contributed by atoms with Crippen LogP contribution in [0.5, 0.6) is 0 Å². The highest BCUT2D eigenvalue weighted by Crippen LogP contribution is 2.36. The Morgan fingerprint density at radius 3 is 2.82 bits per heavy atom. The number of aromatic nitrogens is 1. The van der Waals surface area contributed by atoms with E-state index in [4.69, 9.17) is 34.0 Å². The van der Waals surface area contributed by atoms with E-state index in [0.29, 0.717) is 17.9 Å². The molecular formula is C10H11Cl2N3O2. The third-order valence-electron chi connectivity index (χ3n) is 2.68. The van der Waals surface area contributed by atoms with Gasteiger partial charge in [-0.15, -0.1) is 0 Å². The van der Waals surface area contributed by atoms with E-state index >= 15 is 0 Å². The lowest BCUT2D eigenvalue weighted by molar-refractivity contribution is -0.117. The Kier molecular flexibility index (Phi) is 3.42. The predicted molar refractivity (Wildman–Crippen MR) is 66.2 cm³/mol. The highest BCUT2D eigenvalue weighted by molar-refractivity contribution is 6.35. The Bertz CT molecular complexity index is 444. The monoisotopic (exact) mass is 275 g/mol. The van der Waals surface area contributed by atoms with Crippen LogP contribution in [0.25, 0.3) is 0 Å². The van der Waals surface area contributed by atoms with Crippen molar-refractivity contribution in [3.05, 3.63) is 16.4 Å². The van der Waals surface area contributed by atoms with E-state index in [-0.39, 0.29) is 35.2 Å². The lowest BCUT2D eigenvalue weighted by atomic mass is 10.1. The van der Waals surface area contributed by atoms with E-state index in [0.717, 1.165) is 0 Å². The third kappa shape index (κ3) is 2.31. The normalized spacial score (nSPS) is 20.1. The number of carbonyl (C=O) groups excluding carboxylic acids is 1. The van der Waals surface area contributed by atoms with E-state index < -0.39 is 0 Å². The summed E-state index contributed by atoms with van der Waals surface area (Å²) in [6.45, 7) is 0.351. The van der Waals surface area contributed by atoms with Gasteiger partial charge in [-0.3, -0.25) is 4.79 Å². The van der Waals surface area contributed by atoms with Crippen molar-refractivity contribution in [2.75, 3.05) is 23.8 Å². The summed E-state index contributed by atoms with van der Waals surface area (Å²) in [4.78, 5) is 17.1. The van der Waals surface area contributed by atoms with Gasteiger partial charge in [0.2, 0.25) is 5.91 Å². The molecule has 0 bridgehead atoms. The zero-order chi connectivity index (χ0) is 12.6. The molecule has 7 heteroatoms. The minimum atomic E-state index is -0.123. The summed E-state index contributed by atoms with van der Waals surface area (Å²) in [5.74, 6) is -0.213. The number of aliphatic hydroxyl groups excluding tert-OH is 1. The second kappa shape index (κ2) is 4.68. The number of nitrogens with two attached hydrogens (primary N) is 1. The summed E-state index contributed by atoms with van der Waals surface area (Å²) in [6, 6.07) is 1.45. The number of halogens is 2. The zero-order valence-corrected chi connectivity index (χ0v) is 10.4. The molecule has 1 atom stereocenters. The Morgan fingerprint density at radius 2 is 2.29 bits per heavy atom. The molecule has 1 fully saturated rings. The van der Waals surface area contributed by atoms with E-state index in [1.165, 1.54) is 11.0 Å². The SMILES string of the molecule is Nc1cc(Cl)nc(Cl)c1N1CC(CO)CC1=O. The van der Waals surface area contributed by atoms with Crippen molar-refractivity contribution in [3.63, 3.8) is 0 Å². The van der Waals surface area contributed by atoms with Crippen LogP contribution < -0.4 is 10.6 Å². The molecule has 17 heavy (non-hydrogen) atoms. The van der Waals surface area contributed by atoms with Gasteiger partial charge in [-0.05, 0) is 0 Å². The molecule has 1 unspecified atom stereocenters. The molecule has 0 aromatic carbocycles. The fraction of sp³-hybridized carbons (Fsp3) is 0.400. The molecule has 0 saturated carbocycles. The fourth-order valence-electron chi connectivity index (χ4n) is 1.88. The van der Waals surface area contributed by atoms with Crippen LogP contribution >= 0.6 is 23.2 Å². The topological polar surface area (TPSA) is 79.4 Å². The summed E-state index contributed by atoms with van der Waals surface area (Å²) in [6.07, 6.45) is 0.287. The highest BCUT2D eigenvalue weighted by atomic mass is 35.5. The molecule has 1 aliphatic heterocycles. The quantitative estimate of drug-likeness (QED) is 0.798. The molecule has 3 N–H and O–H groups in total. The van der Waals surface area contributed by atoms with Crippen LogP contribution in [0.3, 0.4) is 0 Å². The van der Waals surface area contributed by atoms with Crippen molar-refractivity contribution in [3.8, 4) is 0 Å². The maximum absolute atomic E-state index is 11.8. The average Bonchev–Trinajstić information content (AvgIpc) is 2.59. The Labute approximate surface area is 108 Å². The summed E-state index contributed by atoms with van der Waals surface area (Å²) >= 11 is 11.6. The first-order valence-electron chi connectivity index (χ1n) is 5.05. The minimum Gasteiger partial charge on any atom is -0.397 e. The summed E-state index contributed by atoms with van der Waals surface area (Å²) in [5.41, 5.74) is 6.47. The van der Waals surface area contributed by atoms with Gasteiger partial charge in [0.1, 0.15) is 10.8 Å². The minimum absolute atomic E-state index is 0.0409. The lowest BCUT2D eigenvalue weighted by Gasteiger charge is -2.19. The van der Waals surface area contributed by atoms with Crippen molar-refractivity contribution >= 4 is 40.5 Å². The van der Waals surface area contributed by atoms with Gasteiger partial charge in [0.25, 0.3) is 0 Å². The second-order valence-corrected chi connectivity index (χ2v) is 4.68. The predicted octanol–water partition coefficient (Wildman–Crippen LogP) is 1.32. The molecule has 1 aromatic heterocycles. The molecule has 0 radical (unpaired) electrons. The van der Waals surface area contributed by atoms with Crippen LogP contribution in [-0.2, 0) is 4.79 Å². The Hall–Kier alpha value is -1.04.